The zero-order chi connectivity index (χ0) is 16.1. The first-order valence-electron chi connectivity index (χ1n) is 7.48. The van der Waals surface area contributed by atoms with Crippen LogP contribution in [0.4, 0.5) is 0 Å². The summed E-state index contributed by atoms with van der Waals surface area (Å²) in [5.74, 6) is 0.500. The van der Waals surface area contributed by atoms with Crippen LogP contribution in [0, 0.1) is 0 Å². The van der Waals surface area contributed by atoms with Crippen LogP contribution < -0.4 is 10.1 Å². The number of nitrogens with one attached hydrogen (secondary N) is 1. The number of amides is 1. The van der Waals surface area contributed by atoms with Crippen LogP contribution in [-0.2, 0) is 4.74 Å². The summed E-state index contributed by atoms with van der Waals surface area (Å²) in [4.78, 5) is 14.7. The normalized spacial score (nSPS) is 20.8. The first kappa shape index (κ1) is 20.0. The Morgan fingerprint density at radius 2 is 1.96 bits per heavy atom. The van der Waals surface area contributed by atoms with Gasteiger partial charge in [0.05, 0.1) is 12.2 Å². The Kier molecular flexibility index (Phi) is 8.12. The number of nitrogens with zero attached hydrogens (tertiary/aromatic N) is 1. The molecule has 0 aliphatic carbocycles. The minimum Gasteiger partial charge on any atom is -0.490 e. The lowest BCUT2D eigenvalue weighted by Gasteiger charge is -2.36. The molecule has 1 aliphatic rings. The van der Waals surface area contributed by atoms with Crippen LogP contribution in [0.2, 0.25) is 5.02 Å². The third-order valence-corrected chi connectivity index (χ3v) is 3.80. The average Bonchev–Trinajstić information content (AvgIpc) is 2.47. The molecule has 0 spiro atoms. The standard InChI is InChI=1S/C16H23ClN2O3.ClH/c1-11-9-19(10-12(2)18-11)16(20)14-8-13(17)4-5-15(14)22-7-6-21-3;/h4-5,8,11-12,18H,6-7,9-10H2,1-3H3;1H. The summed E-state index contributed by atoms with van der Waals surface area (Å²) in [5, 5.41) is 3.94. The van der Waals surface area contributed by atoms with Crippen LogP contribution in [0.15, 0.2) is 18.2 Å². The number of hydrogen-bond donors (Lipinski definition) is 1. The molecule has 130 valence electrons. The fourth-order valence-corrected chi connectivity index (χ4v) is 2.87. The summed E-state index contributed by atoms with van der Waals surface area (Å²) in [7, 11) is 1.61. The highest BCUT2D eigenvalue weighted by atomic mass is 35.5. The van der Waals surface area contributed by atoms with Crippen LogP contribution in [0.25, 0.3) is 0 Å². The zero-order valence-corrected chi connectivity index (χ0v) is 15.2. The lowest BCUT2D eigenvalue weighted by molar-refractivity contribution is 0.0667. The molecule has 1 heterocycles. The second-order valence-corrected chi connectivity index (χ2v) is 6.10. The van der Waals surface area contributed by atoms with Crippen molar-refractivity contribution in [1.82, 2.24) is 10.2 Å². The molecule has 1 saturated heterocycles. The van der Waals surface area contributed by atoms with Crippen molar-refractivity contribution in [2.24, 2.45) is 0 Å². The number of hydrogen-bond acceptors (Lipinski definition) is 4. The zero-order valence-electron chi connectivity index (χ0n) is 13.7. The molecule has 0 radical (unpaired) electrons. The fraction of sp³-hybridized carbons (Fsp3) is 0.562. The van der Waals surface area contributed by atoms with Gasteiger partial charge in [0.15, 0.2) is 0 Å². The number of methoxy groups -OCH3 is 1. The topological polar surface area (TPSA) is 50.8 Å². The predicted molar refractivity (Wildman–Crippen MR) is 94.0 cm³/mol. The summed E-state index contributed by atoms with van der Waals surface area (Å²) in [6.45, 7) is 6.36. The fourth-order valence-electron chi connectivity index (χ4n) is 2.69. The molecular formula is C16H24Cl2N2O3. The van der Waals surface area contributed by atoms with E-state index in [9.17, 15) is 4.79 Å². The van der Waals surface area contributed by atoms with E-state index in [0.717, 1.165) is 0 Å². The van der Waals surface area contributed by atoms with Crippen LogP contribution in [-0.4, -0.2) is 56.3 Å². The maximum atomic E-state index is 12.8. The predicted octanol–water partition coefficient (Wildman–Crippen LogP) is 2.61. The Balaban J connectivity index is 0.00000264. The Morgan fingerprint density at radius 1 is 1.30 bits per heavy atom. The smallest absolute Gasteiger partial charge is 0.257 e. The van der Waals surface area contributed by atoms with Crippen molar-refractivity contribution in [2.45, 2.75) is 25.9 Å². The summed E-state index contributed by atoms with van der Waals surface area (Å²) in [5.41, 5.74) is 0.505. The molecule has 23 heavy (non-hydrogen) atoms. The monoisotopic (exact) mass is 362 g/mol. The molecule has 1 N–H and O–H groups in total. The number of ether oxygens (including phenoxy) is 2. The highest BCUT2D eigenvalue weighted by Gasteiger charge is 2.27. The molecule has 2 atom stereocenters. The minimum atomic E-state index is -0.0462. The van der Waals surface area contributed by atoms with Gasteiger partial charge < -0.3 is 19.7 Å². The van der Waals surface area contributed by atoms with Gasteiger partial charge in [-0.3, -0.25) is 4.79 Å². The van der Waals surface area contributed by atoms with Crippen molar-refractivity contribution in [3.8, 4) is 5.75 Å². The second-order valence-electron chi connectivity index (χ2n) is 5.66. The molecule has 1 aromatic rings. The first-order chi connectivity index (χ1) is 10.5. The van der Waals surface area contributed by atoms with Crippen molar-refractivity contribution in [2.75, 3.05) is 33.4 Å². The van der Waals surface area contributed by atoms with Gasteiger partial charge in [-0.1, -0.05) is 11.6 Å². The maximum Gasteiger partial charge on any atom is 0.257 e. The van der Waals surface area contributed by atoms with Crippen LogP contribution in [0.3, 0.4) is 0 Å². The largest absolute Gasteiger partial charge is 0.490 e. The molecule has 1 aromatic carbocycles. The van der Waals surface area contributed by atoms with E-state index in [2.05, 4.69) is 19.2 Å². The van der Waals surface area contributed by atoms with E-state index in [1.807, 2.05) is 4.90 Å². The third kappa shape index (κ3) is 5.53. The maximum absolute atomic E-state index is 12.8. The van der Waals surface area contributed by atoms with Gasteiger partial charge in [-0.25, -0.2) is 0 Å². The van der Waals surface area contributed by atoms with E-state index in [0.29, 0.717) is 42.6 Å². The van der Waals surface area contributed by atoms with E-state index >= 15 is 0 Å². The summed E-state index contributed by atoms with van der Waals surface area (Å²) < 4.78 is 10.6. The number of carbonyl (C=O) groups excluding carboxylic acids is 1. The van der Waals surface area contributed by atoms with E-state index in [1.165, 1.54) is 0 Å². The van der Waals surface area contributed by atoms with Crippen molar-refractivity contribution in [3.63, 3.8) is 0 Å². The van der Waals surface area contributed by atoms with Gasteiger partial charge in [-0.05, 0) is 32.0 Å². The number of halogens is 2. The molecule has 1 fully saturated rings. The van der Waals surface area contributed by atoms with Gasteiger partial charge in [-0.2, -0.15) is 0 Å². The Hall–Kier alpha value is -1.01. The number of carbonyl (C=O) groups is 1. The summed E-state index contributed by atoms with van der Waals surface area (Å²) >= 11 is 6.06. The third-order valence-electron chi connectivity index (χ3n) is 3.56. The van der Waals surface area contributed by atoms with Gasteiger partial charge in [0.25, 0.3) is 5.91 Å². The van der Waals surface area contributed by atoms with Gasteiger partial charge in [-0.15, -0.1) is 12.4 Å². The Bertz CT molecular complexity index is 518. The second kappa shape index (κ2) is 9.33. The molecule has 2 unspecified atom stereocenters. The average molecular weight is 363 g/mol. The lowest BCUT2D eigenvalue weighted by atomic mass is 10.1. The number of benzene rings is 1. The molecule has 0 bridgehead atoms. The van der Waals surface area contributed by atoms with Gasteiger partial charge in [0.1, 0.15) is 12.4 Å². The summed E-state index contributed by atoms with van der Waals surface area (Å²) in [6, 6.07) is 5.67. The quantitative estimate of drug-likeness (QED) is 0.818. The number of piperazine rings is 1. The van der Waals surface area contributed by atoms with Gasteiger partial charge in [0.2, 0.25) is 0 Å². The van der Waals surface area contributed by atoms with Crippen molar-refractivity contribution in [1.29, 1.82) is 0 Å². The molecule has 2 rings (SSSR count). The Morgan fingerprint density at radius 3 is 2.57 bits per heavy atom. The Labute approximate surface area is 148 Å². The van der Waals surface area contributed by atoms with Crippen molar-refractivity contribution in [3.05, 3.63) is 28.8 Å². The minimum absolute atomic E-state index is 0. The SMILES string of the molecule is COCCOc1ccc(Cl)cc1C(=O)N1CC(C)NC(C)C1.Cl. The highest BCUT2D eigenvalue weighted by Crippen LogP contribution is 2.25. The van der Waals surface area contributed by atoms with Gasteiger partial charge in [0, 0.05) is 37.3 Å². The molecule has 1 amide bonds. The first-order valence-corrected chi connectivity index (χ1v) is 7.85. The molecule has 5 nitrogen and oxygen atoms in total. The molecule has 7 heteroatoms. The van der Waals surface area contributed by atoms with Crippen LogP contribution in [0.5, 0.6) is 5.75 Å². The molecular weight excluding hydrogens is 339 g/mol. The van der Waals surface area contributed by atoms with Crippen LogP contribution >= 0.6 is 24.0 Å². The molecule has 1 aliphatic heterocycles. The van der Waals surface area contributed by atoms with E-state index in [4.69, 9.17) is 21.1 Å². The van der Waals surface area contributed by atoms with Crippen molar-refractivity contribution >= 4 is 29.9 Å². The van der Waals surface area contributed by atoms with Crippen LogP contribution in [0.1, 0.15) is 24.2 Å². The van der Waals surface area contributed by atoms with E-state index in [-0.39, 0.29) is 30.4 Å². The highest BCUT2D eigenvalue weighted by molar-refractivity contribution is 6.31. The molecule has 0 saturated carbocycles. The van der Waals surface area contributed by atoms with Crippen molar-refractivity contribution < 1.29 is 14.3 Å². The van der Waals surface area contributed by atoms with E-state index in [1.54, 1.807) is 25.3 Å². The molecule has 0 aromatic heterocycles. The van der Waals surface area contributed by atoms with E-state index < -0.39 is 0 Å². The summed E-state index contributed by atoms with van der Waals surface area (Å²) in [6.07, 6.45) is 0. The lowest BCUT2D eigenvalue weighted by Crippen LogP contribution is -2.55. The number of rotatable bonds is 5. The van der Waals surface area contributed by atoms with Gasteiger partial charge >= 0.3 is 0 Å².